The Hall–Kier alpha value is -1.78. The van der Waals surface area contributed by atoms with Gasteiger partial charge in [0.05, 0.1) is 15.2 Å². The predicted molar refractivity (Wildman–Crippen MR) is 81.4 cm³/mol. The van der Waals surface area contributed by atoms with Gasteiger partial charge in [-0.15, -0.1) is 11.3 Å². The van der Waals surface area contributed by atoms with E-state index >= 15 is 0 Å². The SMILES string of the molecule is Cc1cc(F)cc(C(N)Cc2nc3ccccc3s2)c1. The van der Waals surface area contributed by atoms with E-state index in [1.807, 2.05) is 37.3 Å². The molecule has 0 aliphatic heterocycles. The number of aryl methyl sites for hydroxylation is 1. The largest absolute Gasteiger partial charge is 0.324 e. The molecule has 3 rings (SSSR count). The summed E-state index contributed by atoms with van der Waals surface area (Å²) in [7, 11) is 0. The Bertz CT molecular complexity index is 698. The van der Waals surface area contributed by atoms with Gasteiger partial charge in [0.2, 0.25) is 0 Å². The van der Waals surface area contributed by atoms with Crippen molar-refractivity contribution >= 4 is 21.6 Å². The van der Waals surface area contributed by atoms with Crippen LogP contribution in [0, 0.1) is 12.7 Å². The van der Waals surface area contributed by atoms with Gasteiger partial charge in [-0.2, -0.15) is 0 Å². The number of thiazole rings is 1. The molecule has 102 valence electrons. The number of aromatic nitrogens is 1. The standard InChI is InChI=1S/C16H15FN2S/c1-10-6-11(8-12(17)7-10)13(18)9-16-19-14-4-2-3-5-15(14)20-16/h2-8,13H,9,18H2,1H3. The summed E-state index contributed by atoms with van der Waals surface area (Å²) >= 11 is 1.64. The zero-order valence-corrected chi connectivity index (χ0v) is 12.0. The van der Waals surface area contributed by atoms with E-state index in [2.05, 4.69) is 4.98 Å². The number of para-hydroxylation sites is 1. The molecule has 2 N–H and O–H groups in total. The Balaban J connectivity index is 1.86. The van der Waals surface area contributed by atoms with Crippen molar-refractivity contribution in [3.8, 4) is 0 Å². The van der Waals surface area contributed by atoms with Crippen LogP contribution in [-0.2, 0) is 6.42 Å². The summed E-state index contributed by atoms with van der Waals surface area (Å²) in [4.78, 5) is 4.57. The number of benzene rings is 2. The fourth-order valence-electron chi connectivity index (χ4n) is 2.29. The van der Waals surface area contributed by atoms with Crippen molar-refractivity contribution in [1.82, 2.24) is 4.98 Å². The maximum atomic E-state index is 13.4. The Morgan fingerprint density at radius 1 is 1.25 bits per heavy atom. The van der Waals surface area contributed by atoms with Gasteiger partial charge in [0.25, 0.3) is 0 Å². The van der Waals surface area contributed by atoms with Gasteiger partial charge >= 0.3 is 0 Å². The van der Waals surface area contributed by atoms with Crippen molar-refractivity contribution in [2.45, 2.75) is 19.4 Å². The van der Waals surface area contributed by atoms with Gasteiger partial charge in [0.1, 0.15) is 5.82 Å². The molecule has 0 saturated carbocycles. The molecule has 0 spiro atoms. The summed E-state index contributed by atoms with van der Waals surface area (Å²) < 4.78 is 14.6. The number of hydrogen-bond donors (Lipinski definition) is 1. The van der Waals surface area contributed by atoms with Gasteiger partial charge in [-0.1, -0.05) is 18.2 Å². The third-order valence-electron chi connectivity index (χ3n) is 3.23. The van der Waals surface area contributed by atoms with Crippen LogP contribution >= 0.6 is 11.3 Å². The van der Waals surface area contributed by atoms with Crippen molar-refractivity contribution in [2.75, 3.05) is 0 Å². The van der Waals surface area contributed by atoms with E-state index in [0.29, 0.717) is 6.42 Å². The lowest BCUT2D eigenvalue weighted by Gasteiger charge is -2.11. The fourth-order valence-corrected chi connectivity index (χ4v) is 3.32. The molecule has 0 saturated heterocycles. The molecule has 4 heteroatoms. The molecule has 0 bridgehead atoms. The predicted octanol–water partition coefficient (Wildman–Crippen LogP) is 3.99. The van der Waals surface area contributed by atoms with Crippen LogP contribution in [0.4, 0.5) is 4.39 Å². The maximum absolute atomic E-state index is 13.4. The molecular weight excluding hydrogens is 271 g/mol. The van der Waals surface area contributed by atoms with Crippen molar-refractivity contribution in [2.24, 2.45) is 5.73 Å². The second-order valence-corrected chi connectivity index (χ2v) is 6.06. The fraction of sp³-hybridized carbons (Fsp3) is 0.188. The summed E-state index contributed by atoms with van der Waals surface area (Å²) in [5.41, 5.74) is 8.89. The molecule has 2 aromatic carbocycles. The molecule has 1 aromatic heterocycles. The molecule has 1 heterocycles. The van der Waals surface area contributed by atoms with Crippen LogP contribution in [0.15, 0.2) is 42.5 Å². The van der Waals surface area contributed by atoms with Gasteiger partial charge in [-0.25, -0.2) is 9.37 Å². The van der Waals surface area contributed by atoms with Crippen LogP contribution in [0.1, 0.15) is 22.2 Å². The van der Waals surface area contributed by atoms with Crippen molar-refractivity contribution in [1.29, 1.82) is 0 Å². The van der Waals surface area contributed by atoms with E-state index in [4.69, 9.17) is 5.73 Å². The van der Waals surface area contributed by atoms with Gasteiger partial charge < -0.3 is 5.73 Å². The number of nitrogens with two attached hydrogens (primary N) is 1. The third kappa shape index (κ3) is 2.71. The lowest BCUT2D eigenvalue weighted by molar-refractivity contribution is 0.617. The maximum Gasteiger partial charge on any atom is 0.123 e. The Labute approximate surface area is 121 Å². The molecule has 0 aliphatic carbocycles. The Morgan fingerprint density at radius 2 is 2.05 bits per heavy atom. The highest BCUT2D eigenvalue weighted by atomic mass is 32.1. The molecule has 20 heavy (non-hydrogen) atoms. The number of hydrogen-bond acceptors (Lipinski definition) is 3. The molecular formula is C16H15FN2S. The first kappa shape index (κ1) is 13.2. The number of rotatable bonds is 3. The molecule has 0 fully saturated rings. The Morgan fingerprint density at radius 3 is 2.80 bits per heavy atom. The molecule has 2 nitrogen and oxygen atoms in total. The van der Waals surface area contributed by atoms with E-state index in [0.717, 1.165) is 26.4 Å². The van der Waals surface area contributed by atoms with Crippen LogP contribution in [0.2, 0.25) is 0 Å². The number of fused-ring (bicyclic) bond motifs is 1. The summed E-state index contributed by atoms with van der Waals surface area (Å²) in [5, 5.41) is 0.987. The molecule has 0 aliphatic rings. The minimum atomic E-state index is -0.236. The number of nitrogens with zero attached hydrogens (tertiary/aromatic N) is 1. The average molecular weight is 286 g/mol. The van der Waals surface area contributed by atoms with Gasteiger partial charge in [-0.05, 0) is 42.3 Å². The van der Waals surface area contributed by atoms with Crippen LogP contribution in [0.25, 0.3) is 10.2 Å². The van der Waals surface area contributed by atoms with E-state index in [-0.39, 0.29) is 11.9 Å². The second-order valence-electron chi connectivity index (χ2n) is 4.95. The molecule has 1 unspecified atom stereocenters. The van der Waals surface area contributed by atoms with Gasteiger partial charge in [-0.3, -0.25) is 0 Å². The van der Waals surface area contributed by atoms with E-state index in [1.54, 1.807) is 11.3 Å². The monoisotopic (exact) mass is 286 g/mol. The van der Waals surface area contributed by atoms with Crippen molar-refractivity contribution in [3.05, 3.63) is 64.4 Å². The average Bonchev–Trinajstić information content (AvgIpc) is 2.79. The highest BCUT2D eigenvalue weighted by Gasteiger charge is 2.12. The summed E-state index contributed by atoms with van der Waals surface area (Å²) in [6, 6.07) is 12.7. The van der Waals surface area contributed by atoms with Crippen LogP contribution in [0.5, 0.6) is 0 Å². The minimum absolute atomic E-state index is 0.232. The molecule has 0 radical (unpaired) electrons. The molecule has 0 amide bonds. The normalized spacial score (nSPS) is 12.8. The van der Waals surface area contributed by atoms with E-state index in [1.165, 1.54) is 12.1 Å². The molecule has 1 atom stereocenters. The summed E-state index contributed by atoms with van der Waals surface area (Å²) in [5.74, 6) is -0.236. The highest BCUT2D eigenvalue weighted by Crippen LogP contribution is 2.25. The zero-order valence-electron chi connectivity index (χ0n) is 11.1. The lowest BCUT2D eigenvalue weighted by atomic mass is 10.0. The lowest BCUT2D eigenvalue weighted by Crippen LogP contribution is -2.13. The first-order chi connectivity index (χ1) is 9.61. The minimum Gasteiger partial charge on any atom is -0.324 e. The first-order valence-corrected chi connectivity index (χ1v) is 7.30. The smallest absolute Gasteiger partial charge is 0.123 e. The number of halogens is 1. The van der Waals surface area contributed by atoms with E-state index < -0.39 is 0 Å². The second kappa shape index (κ2) is 5.31. The quantitative estimate of drug-likeness (QED) is 0.790. The van der Waals surface area contributed by atoms with E-state index in [9.17, 15) is 4.39 Å². The molecule has 3 aromatic rings. The zero-order chi connectivity index (χ0) is 14.1. The first-order valence-electron chi connectivity index (χ1n) is 6.49. The van der Waals surface area contributed by atoms with Crippen LogP contribution < -0.4 is 5.73 Å². The summed E-state index contributed by atoms with van der Waals surface area (Å²) in [6.45, 7) is 1.87. The highest BCUT2D eigenvalue weighted by molar-refractivity contribution is 7.18. The van der Waals surface area contributed by atoms with Crippen LogP contribution in [0.3, 0.4) is 0 Å². The topological polar surface area (TPSA) is 38.9 Å². The van der Waals surface area contributed by atoms with Crippen molar-refractivity contribution < 1.29 is 4.39 Å². The van der Waals surface area contributed by atoms with Crippen molar-refractivity contribution in [3.63, 3.8) is 0 Å². The third-order valence-corrected chi connectivity index (χ3v) is 4.28. The van der Waals surface area contributed by atoms with Gasteiger partial charge in [0.15, 0.2) is 0 Å². The Kier molecular flexibility index (Phi) is 3.51. The van der Waals surface area contributed by atoms with Gasteiger partial charge in [0, 0.05) is 12.5 Å². The summed E-state index contributed by atoms with van der Waals surface area (Å²) in [6.07, 6.45) is 0.627. The van der Waals surface area contributed by atoms with Crippen LogP contribution in [-0.4, -0.2) is 4.98 Å².